The van der Waals surface area contributed by atoms with E-state index in [2.05, 4.69) is 5.32 Å². The number of benzene rings is 3. The molecule has 4 rings (SSSR count). The Morgan fingerprint density at radius 1 is 0.905 bits per heavy atom. The second-order valence-corrected chi connectivity index (χ2v) is 13.5. The normalized spacial score (nSPS) is 14.7. The van der Waals surface area contributed by atoms with Crippen LogP contribution in [0.15, 0.2) is 77.7 Å². The predicted octanol–water partition coefficient (Wildman–Crippen LogP) is 7.10. The van der Waals surface area contributed by atoms with Gasteiger partial charge in [0.1, 0.15) is 12.6 Å². The number of carbonyl (C=O) groups excluding carboxylic acids is 2. The minimum atomic E-state index is -4.18. The minimum Gasteiger partial charge on any atom is -0.352 e. The number of hydrogen-bond donors (Lipinski definition) is 1. The average Bonchev–Trinajstić information content (AvgIpc) is 2.97. The van der Waals surface area contributed by atoms with Crippen molar-refractivity contribution in [2.45, 2.75) is 69.0 Å². The summed E-state index contributed by atoms with van der Waals surface area (Å²) in [5.74, 6) is -0.839. The van der Waals surface area contributed by atoms with Crippen LogP contribution in [-0.4, -0.2) is 43.8 Å². The van der Waals surface area contributed by atoms with Crippen LogP contribution >= 0.6 is 34.8 Å². The van der Waals surface area contributed by atoms with Crippen molar-refractivity contribution in [1.29, 1.82) is 0 Å². The molecule has 1 N–H and O–H groups in total. The molecule has 3 aromatic carbocycles. The van der Waals surface area contributed by atoms with Crippen molar-refractivity contribution in [3.05, 3.63) is 93.4 Å². The highest BCUT2D eigenvalue weighted by atomic mass is 35.5. The summed E-state index contributed by atoms with van der Waals surface area (Å²) < 4.78 is 28.8. The number of anilines is 1. The van der Waals surface area contributed by atoms with Crippen molar-refractivity contribution in [1.82, 2.24) is 10.2 Å². The molecular formula is C31H34Cl3N3O4S. The minimum absolute atomic E-state index is 0.0137. The van der Waals surface area contributed by atoms with E-state index in [9.17, 15) is 18.0 Å². The molecule has 7 nitrogen and oxygen atoms in total. The van der Waals surface area contributed by atoms with Crippen LogP contribution in [0.25, 0.3) is 0 Å². The van der Waals surface area contributed by atoms with Gasteiger partial charge in [-0.15, -0.1) is 0 Å². The van der Waals surface area contributed by atoms with E-state index in [1.54, 1.807) is 54.6 Å². The maximum absolute atomic E-state index is 14.2. The zero-order valence-electron chi connectivity index (χ0n) is 23.3. The first kappa shape index (κ1) is 32.1. The van der Waals surface area contributed by atoms with Crippen LogP contribution in [0.3, 0.4) is 0 Å². The SMILES string of the molecule is CCC(C(=O)NC1CCCCC1)N(Cc1ccc(Cl)cc1Cl)C(=O)CN(c1cccc(Cl)c1)S(=O)(=O)c1ccccc1. The first-order valence-electron chi connectivity index (χ1n) is 14.0. The van der Waals surface area contributed by atoms with E-state index in [-0.39, 0.29) is 29.1 Å². The van der Waals surface area contributed by atoms with Gasteiger partial charge < -0.3 is 10.2 Å². The highest BCUT2D eigenvalue weighted by Gasteiger charge is 2.34. The summed E-state index contributed by atoms with van der Waals surface area (Å²) in [6.45, 7) is 1.25. The maximum Gasteiger partial charge on any atom is 0.264 e. The molecule has 1 aliphatic carbocycles. The summed E-state index contributed by atoms with van der Waals surface area (Å²) in [5, 5.41) is 4.22. The van der Waals surface area contributed by atoms with Gasteiger partial charge in [0.25, 0.3) is 10.0 Å². The van der Waals surface area contributed by atoms with Gasteiger partial charge in [0.2, 0.25) is 11.8 Å². The van der Waals surface area contributed by atoms with E-state index < -0.39 is 28.5 Å². The molecule has 0 aromatic heterocycles. The Kier molecular flexibility index (Phi) is 11.2. The number of halogens is 3. The lowest BCUT2D eigenvalue weighted by Crippen LogP contribution is -2.54. The Hall–Kier alpha value is -2.78. The molecular weight excluding hydrogens is 617 g/mol. The molecule has 0 bridgehead atoms. The fourth-order valence-electron chi connectivity index (χ4n) is 5.18. The number of carbonyl (C=O) groups is 2. The quantitative estimate of drug-likeness (QED) is 0.240. The van der Waals surface area contributed by atoms with Crippen LogP contribution in [-0.2, 0) is 26.2 Å². The van der Waals surface area contributed by atoms with Crippen LogP contribution in [0.2, 0.25) is 15.1 Å². The van der Waals surface area contributed by atoms with Crippen molar-refractivity contribution in [3.63, 3.8) is 0 Å². The Balaban J connectivity index is 1.72. The van der Waals surface area contributed by atoms with E-state index in [0.29, 0.717) is 27.1 Å². The van der Waals surface area contributed by atoms with Gasteiger partial charge in [-0.2, -0.15) is 0 Å². The monoisotopic (exact) mass is 649 g/mol. The molecule has 0 radical (unpaired) electrons. The third-order valence-electron chi connectivity index (χ3n) is 7.40. The van der Waals surface area contributed by atoms with Crippen molar-refractivity contribution in [2.75, 3.05) is 10.8 Å². The first-order chi connectivity index (χ1) is 20.1. The second kappa shape index (κ2) is 14.6. The second-order valence-electron chi connectivity index (χ2n) is 10.3. The molecule has 0 heterocycles. The van der Waals surface area contributed by atoms with Crippen molar-refractivity contribution < 1.29 is 18.0 Å². The van der Waals surface area contributed by atoms with Crippen LogP contribution in [0.4, 0.5) is 5.69 Å². The summed E-state index contributed by atoms with van der Waals surface area (Å²) in [6.07, 6.45) is 5.30. The van der Waals surface area contributed by atoms with Crippen molar-refractivity contribution >= 4 is 62.3 Å². The third-order valence-corrected chi connectivity index (χ3v) is 10.0. The summed E-state index contributed by atoms with van der Waals surface area (Å²) in [5.41, 5.74) is 0.808. The van der Waals surface area contributed by atoms with Gasteiger partial charge in [-0.1, -0.05) is 91.3 Å². The average molecular weight is 651 g/mol. The summed E-state index contributed by atoms with van der Waals surface area (Å²) in [7, 11) is -4.18. The lowest BCUT2D eigenvalue weighted by atomic mass is 9.95. The number of nitrogens with one attached hydrogen (secondary N) is 1. The molecule has 3 aromatic rings. The fourth-order valence-corrected chi connectivity index (χ4v) is 7.26. The van der Waals surface area contributed by atoms with E-state index in [4.69, 9.17) is 34.8 Å². The molecule has 1 aliphatic rings. The highest BCUT2D eigenvalue weighted by molar-refractivity contribution is 7.92. The van der Waals surface area contributed by atoms with Gasteiger partial charge in [0, 0.05) is 27.7 Å². The molecule has 2 amide bonds. The van der Waals surface area contributed by atoms with Gasteiger partial charge in [0.15, 0.2) is 0 Å². The largest absolute Gasteiger partial charge is 0.352 e. The van der Waals surface area contributed by atoms with Gasteiger partial charge >= 0.3 is 0 Å². The Morgan fingerprint density at radius 3 is 2.24 bits per heavy atom. The Morgan fingerprint density at radius 2 is 1.60 bits per heavy atom. The smallest absolute Gasteiger partial charge is 0.264 e. The van der Waals surface area contributed by atoms with Crippen LogP contribution in [0.1, 0.15) is 51.0 Å². The van der Waals surface area contributed by atoms with Gasteiger partial charge in [-0.25, -0.2) is 8.42 Å². The van der Waals surface area contributed by atoms with Gasteiger partial charge in [-0.3, -0.25) is 13.9 Å². The number of hydrogen-bond acceptors (Lipinski definition) is 4. The summed E-state index contributed by atoms with van der Waals surface area (Å²) >= 11 is 18.8. The molecule has 11 heteroatoms. The first-order valence-corrected chi connectivity index (χ1v) is 16.5. The lowest BCUT2D eigenvalue weighted by molar-refractivity contribution is -0.140. The van der Waals surface area contributed by atoms with Crippen LogP contribution < -0.4 is 9.62 Å². The summed E-state index contributed by atoms with van der Waals surface area (Å²) in [6, 6.07) is 18.3. The summed E-state index contributed by atoms with van der Waals surface area (Å²) in [4.78, 5) is 29.3. The third kappa shape index (κ3) is 7.98. The Bertz CT molecular complexity index is 1500. The van der Waals surface area contributed by atoms with E-state index in [1.165, 1.54) is 23.1 Å². The molecule has 224 valence electrons. The molecule has 0 aliphatic heterocycles. The molecule has 0 saturated heterocycles. The van der Waals surface area contributed by atoms with Crippen LogP contribution in [0.5, 0.6) is 0 Å². The molecule has 42 heavy (non-hydrogen) atoms. The van der Waals surface area contributed by atoms with Crippen LogP contribution in [0, 0.1) is 0 Å². The zero-order chi connectivity index (χ0) is 30.3. The predicted molar refractivity (Wildman–Crippen MR) is 169 cm³/mol. The molecule has 1 fully saturated rings. The molecule has 1 unspecified atom stereocenters. The van der Waals surface area contributed by atoms with E-state index in [0.717, 1.165) is 36.4 Å². The molecule has 1 atom stereocenters. The highest BCUT2D eigenvalue weighted by Crippen LogP contribution is 2.28. The lowest BCUT2D eigenvalue weighted by Gasteiger charge is -2.34. The van der Waals surface area contributed by atoms with E-state index >= 15 is 0 Å². The van der Waals surface area contributed by atoms with E-state index in [1.807, 2.05) is 6.92 Å². The number of sulfonamides is 1. The van der Waals surface area contributed by atoms with Crippen molar-refractivity contribution in [3.8, 4) is 0 Å². The van der Waals surface area contributed by atoms with Gasteiger partial charge in [-0.05, 0) is 67.3 Å². The number of nitrogens with zero attached hydrogens (tertiary/aromatic N) is 2. The number of amides is 2. The maximum atomic E-state index is 14.2. The van der Waals surface area contributed by atoms with Crippen molar-refractivity contribution in [2.24, 2.45) is 0 Å². The molecule has 1 saturated carbocycles. The number of rotatable bonds is 11. The Labute approximate surface area is 262 Å². The standard InChI is InChI=1S/C31H34Cl3N3O4S/c1-2-29(31(39)35-25-11-5-3-6-12-25)36(20-22-16-17-24(33)19-28(22)34)30(38)21-37(26-13-9-10-23(32)18-26)42(40,41)27-14-7-4-8-15-27/h4,7-10,13-19,25,29H,2-3,5-6,11-12,20-21H2,1H3,(H,35,39). The topological polar surface area (TPSA) is 86.8 Å². The molecule has 0 spiro atoms. The zero-order valence-corrected chi connectivity index (χ0v) is 26.4. The van der Waals surface area contributed by atoms with Gasteiger partial charge in [0.05, 0.1) is 10.6 Å². The fraction of sp³-hybridized carbons (Fsp3) is 0.355.